The van der Waals surface area contributed by atoms with E-state index >= 15 is 0 Å². The van der Waals surface area contributed by atoms with Crippen molar-refractivity contribution in [2.75, 3.05) is 45.8 Å². The average molecular weight is 236 g/mol. The van der Waals surface area contributed by atoms with Crippen molar-refractivity contribution < 1.29 is 9.47 Å². The summed E-state index contributed by atoms with van der Waals surface area (Å²) < 4.78 is 10.6. The van der Waals surface area contributed by atoms with Crippen molar-refractivity contribution in [2.24, 2.45) is 5.92 Å². The fraction of sp³-hybridized carbons (Fsp3) is 0.538. The van der Waals surface area contributed by atoms with Crippen LogP contribution < -0.4 is 19.7 Å². The lowest BCUT2D eigenvalue weighted by molar-refractivity contribution is 0.350. The molecule has 1 aromatic rings. The summed E-state index contributed by atoms with van der Waals surface area (Å²) in [5, 5.41) is 3.29. The Hall–Kier alpha value is -1.42. The fourth-order valence-electron chi connectivity index (χ4n) is 2.06. The van der Waals surface area contributed by atoms with Gasteiger partial charge in [-0.2, -0.15) is 0 Å². The summed E-state index contributed by atoms with van der Waals surface area (Å²) in [7, 11) is 5.46. The van der Waals surface area contributed by atoms with Crippen molar-refractivity contribution in [1.82, 2.24) is 5.32 Å². The van der Waals surface area contributed by atoms with Gasteiger partial charge >= 0.3 is 0 Å². The summed E-state index contributed by atoms with van der Waals surface area (Å²) in [5.74, 6) is 2.43. The van der Waals surface area contributed by atoms with E-state index in [4.69, 9.17) is 9.47 Å². The van der Waals surface area contributed by atoms with Crippen LogP contribution in [0.3, 0.4) is 0 Å². The molecule has 17 heavy (non-hydrogen) atoms. The zero-order valence-electron chi connectivity index (χ0n) is 10.7. The maximum Gasteiger partial charge on any atom is 0.145 e. The van der Waals surface area contributed by atoms with Crippen molar-refractivity contribution >= 4 is 5.69 Å². The topological polar surface area (TPSA) is 33.7 Å². The number of methoxy groups -OCH3 is 2. The molecule has 94 valence electrons. The Kier molecular flexibility index (Phi) is 3.74. The second-order valence-electron chi connectivity index (χ2n) is 4.44. The Bertz CT molecular complexity index is 378. The minimum Gasteiger partial charge on any atom is -0.497 e. The third-order valence-electron chi connectivity index (χ3n) is 3.20. The summed E-state index contributed by atoms with van der Waals surface area (Å²) in [6, 6.07) is 5.93. The van der Waals surface area contributed by atoms with Crippen LogP contribution in [0.25, 0.3) is 0 Å². The molecular weight excluding hydrogens is 216 g/mol. The van der Waals surface area contributed by atoms with Gasteiger partial charge in [0.1, 0.15) is 11.5 Å². The quantitative estimate of drug-likeness (QED) is 0.837. The molecule has 1 aromatic carbocycles. The highest BCUT2D eigenvalue weighted by atomic mass is 16.5. The summed E-state index contributed by atoms with van der Waals surface area (Å²) in [6.45, 7) is 3.28. The Balaban J connectivity index is 2.12. The molecule has 0 spiro atoms. The zero-order chi connectivity index (χ0) is 12.3. The number of nitrogens with zero attached hydrogens (tertiary/aromatic N) is 1. The van der Waals surface area contributed by atoms with E-state index in [0.29, 0.717) is 0 Å². The SMILES string of the molecule is COc1ccc(N(C)CC2CNC2)c(OC)c1. The van der Waals surface area contributed by atoms with Crippen LogP contribution in [0.4, 0.5) is 5.69 Å². The number of anilines is 1. The van der Waals surface area contributed by atoms with Crippen LogP contribution in [0.5, 0.6) is 11.5 Å². The first-order chi connectivity index (χ1) is 8.24. The highest BCUT2D eigenvalue weighted by Gasteiger charge is 2.20. The number of benzene rings is 1. The Morgan fingerprint density at radius 1 is 1.29 bits per heavy atom. The Labute approximate surface area is 103 Å². The second-order valence-corrected chi connectivity index (χ2v) is 4.44. The van der Waals surface area contributed by atoms with E-state index in [-0.39, 0.29) is 0 Å². The third kappa shape index (κ3) is 2.64. The molecule has 0 radical (unpaired) electrons. The highest BCUT2D eigenvalue weighted by Crippen LogP contribution is 2.31. The molecule has 1 saturated heterocycles. The molecule has 1 N–H and O–H groups in total. The van der Waals surface area contributed by atoms with Gasteiger partial charge in [0.15, 0.2) is 0 Å². The minimum absolute atomic E-state index is 0.742. The second kappa shape index (κ2) is 5.27. The van der Waals surface area contributed by atoms with Crippen molar-refractivity contribution in [3.8, 4) is 11.5 Å². The third-order valence-corrected chi connectivity index (χ3v) is 3.20. The first kappa shape index (κ1) is 12.0. The van der Waals surface area contributed by atoms with Gasteiger partial charge in [-0.25, -0.2) is 0 Å². The van der Waals surface area contributed by atoms with Crippen molar-refractivity contribution in [2.45, 2.75) is 0 Å². The molecule has 4 heteroatoms. The van der Waals surface area contributed by atoms with Gasteiger partial charge in [0.05, 0.1) is 19.9 Å². The van der Waals surface area contributed by atoms with Crippen LogP contribution in [-0.4, -0.2) is 40.9 Å². The van der Waals surface area contributed by atoms with Gasteiger partial charge in [-0.1, -0.05) is 0 Å². The van der Waals surface area contributed by atoms with Crippen LogP contribution >= 0.6 is 0 Å². The molecule has 0 aliphatic carbocycles. The first-order valence-electron chi connectivity index (χ1n) is 5.88. The average Bonchev–Trinajstić information content (AvgIpc) is 2.32. The van der Waals surface area contributed by atoms with E-state index in [1.54, 1.807) is 14.2 Å². The molecule has 0 bridgehead atoms. The van der Waals surface area contributed by atoms with Gasteiger partial charge in [-0.05, 0) is 12.1 Å². The summed E-state index contributed by atoms with van der Waals surface area (Å²) in [4.78, 5) is 2.24. The predicted octanol–water partition coefficient (Wildman–Crippen LogP) is 1.36. The molecule has 1 heterocycles. The van der Waals surface area contributed by atoms with E-state index in [2.05, 4.69) is 17.3 Å². The first-order valence-corrected chi connectivity index (χ1v) is 5.88. The molecule has 0 amide bonds. The molecule has 2 rings (SSSR count). The van der Waals surface area contributed by atoms with Gasteiger partial charge in [-0.3, -0.25) is 0 Å². The molecule has 0 unspecified atom stereocenters. The van der Waals surface area contributed by atoms with E-state index in [1.807, 2.05) is 18.2 Å². The van der Waals surface area contributed by atoms with E-state index in [0.717, 1.165) is 42.7 Å². The smallest absolute Gasteiger partial charge is 0.145 e. The van der Waals surface area contributed by atoms with Gasteiger partial charge in [0.2, 0.25) is 0 Å². The van der Waals surface area contributed by atoms with Crippen molar-refractivity contribution in [1.29, 1.82) is 0 Å². The Morgan fingerprint density at radius 3 is 2.59 bits per heavy atom. The summed E-state index contributed by atoms with van der Waals surface area (Å²) >= 11 is 0. The normalized spacial score (nSPS) is 15.2. The van der Waals surface area contributed by atoms with Crippen molar-refractivity contribution in [3.63, 3.8) is 0 Å². The molecule has 4 nitrogen and oxygen atoms in total. The molecule has 0 atom stereocenters. The van der Waals surface area contributed by atoms with Gasteiger partial charge in [0.25, 0.3) is 0 Å². The summed E-state index contributed by atoms with van der Waals surface area (Å²) in [5.41, 5.74) is 1.11. The standard InChI is InChI=1S/C13H20N2O2/c1-15(9-10-7-14-8-10)12-5-4-11(16-2)6-13(12)17-3/h4-6,10,14H,7-9H2,1-3H3. The van der Waals surface area contributed by atoms with Gasteiger partial charge < -0.3 is 19.7 Å². The zero-order valence-corrected chi connectivity index (χ0v) is 10.7. The number of hydrogen-bond donors (Lipinski definition) is 1. The number of rotatable bonds is 5. The van der Waals surface area contributed by atoms with E-state index < -0.39 is 0 Å². The maximum absolute atomic E-state index is 5.40. The lowest BCUT2D eigenvalue weighted by Gasteiger charge is -2.32. The summed E-state index contributed by atoms with van der Waals surface area (Å²) in [6.07, 6.45) is 0. The van der Waals surface area contributed by atoms with Crippen LogP contribution in [-0.2, 0) is 0 Å². The van der Waals surface area contributed by atoms with Gasteiger partial charge in [0, 0.05) is 38.7 Å². The number of nitrogens with one attached hydrogen (secondary N) is 1. The van der Waals surface area contributed by atoms with E-state index in [9.17, 15) is 0 Å². The highest BCUT2D eigenvalue weighted by molar-refractivity contribution is 5.60. The largest absolute Gasteiger partial charge is 0.497 e. The van der Waals surface area contributed by atoms with E-state index in [1.165, 1.54) is 0 Å². The maximum atomic E-state index is 5.40. The fourth-order valence-corrected chi connectivity index (χ4v) is 2.06. The molecule has 1 aliphatic rings. The molecule has 1 fully saturated rings. The van der Waals surface area contributed by atoms with Crippen molar-refractivity contribution in [3.05, 3.63) is 18.2 Å². The van der Waals surface area contributed by atoms with Crippen LogP contribution in [0, 0.1) is 5.92 Å². The molecule has 0 saturated carbocycles. The Morgan fingerprint density at radius 2 is 2.06 bits per heavy atom. The number of ether oxygens (including phenoxy) is 2. The number of hydrogen-bond acceptors (Lipinski definition) is 4. The molecule has 0 aromatic heterocycles. The monoisotopic (exact) mass is 236 g/mol. The lowest BCUT2D eigenvalue weighted by atomic mass is 10.0. The van der Waals surface area contributed by atoms with Crippen LogP contribution in [0.1, 0.15) is 0 Å². The van der Waals surface area contributed by atoms with Gasteiger partial charge in [-0.15, -0.1) is 0 Å². The van der Waals surface area contributed by atoms with Crippen LogP contribution in [0.2, 0.25) is 0 Å². The van der Waals surface area contributed by atoms with Crippen LogP contribution in [0.15, 0.2) is 18.2 Å². The lowest BCUT2D eigenvalue weighted by Crippen LogP contribution is -2.47. The minimum atomic E-state index is 0.742. The molecular formula is C13H20N2O2. The predicted molar refractivity (Wildman–Crippen MR) is 69.2 cm³/mol. The molecule has 1 aliphatic heterocycles.